The van der Waals surface area contributed by atoms with Crippen molar-refractivity contribution in [2.24, 2.45) is 5.84 Å². The third kappa shape index (κ3) is 2.82. The minimum Gasteiger partial charge on any atom is -0.372 e. The van der Waals surface area contributed by atoms with Crippen LogP contribution in [0.2, 0.25) is 0 Å². The van der Waals surface area contributed by atoms with Gasteiger partial charge in [0.25, 0.3) is 5.91 Å². The van der Waals surface area contributed by atoms with Gasteiger partial charge in [-0.25, -0.2) is 15.2 Å². The molecular weight excluding hydrogens is 251 g/mol. The molecule has 1 aliphatic heterocycles. The highest BCUT2D eigenvalue weighted by molar-refractivity contribution is 5.95. The zero-order chi connectivity index (χ0) is 14.0. The molecule has 1 saturated heterocycles. The quantitative estimate of drug-likeness (QED) is 0.611. The smallest absolute Gasteiger partial charge is 0.257 e. The molecule has 1 aromatic heterocycles. The number of carbonyl (C=O) groups is 1. The van der Waals surface area contributed by atoms with E-state index in [-0.39, 0.29) is 17.3 Å². The van der Waals surface area contributed by atoms with E-state index >= 15 is 0 Å². The molecule has 6 nitrogen and oxygen atoms in total. The van der Waals surface area contributed by atoms with Gasteiger partial charge >= 0.3 is 0 Å². The summed E-state index contributed by atoms with van der Waals surface area (Å²) >= 11 is 0. The number of ether oxygens (including phenoxy) is 1. The maximum Gasteiger partial charge on any atom is 0.257 e. The van der Waals surface area contributed by atoms with Gasteiger partial charge in [-0.05, 0) is 19.9 Å². The molecule has 0 spiro atoms. The van der Waals surface area contributed by atoms with Gasteiger partial charge in [-0.1, -0.05) is 0 Å². The largest absolute Gasteiger partial charge is 0.372 e. The summed E-state index contributed by atoms with van der Waals surface area (Å²) in [5.74, 6) is 3.88. The van der Waals surface area contributed by atoms with Crippen molar-refractivity contribution in [3.63, 3.8) is 0 Å². The van der Waals surface area contributed by atoms with Gasteiger partial charge in [-0.3, -0.25) is 4.79 Å². The molecule has 19 heavy (non-hydrogen) atoms. The van der Waals surface area contributed by atoms with Crippen molar-refractivity contribution in [3.05, 3.63) is 23.6 Å². The summed E-state index contributed by atoms with van der Waals surface area (Å²) in [6, 6.07) is 1.35. The van der Waals surface area contributed by atoms with Gasteiger partial charge < -0.3 is 15.1 Å². The second-order valence-corrected chi connectivity index (χ2v) is 5.00. The zero-order valence-electron chi connectivity index (χ0n) is 10.9. The van der Waals surface area contributed by atoms with Crippen LogP contribution in [0, 0.1) is 5.82 Å². The lowest BCUT2D eigenvalue weighted by molar-refractivity contribution is -0.0764. The maximum atomic E-state index is 14.0. The number of halogens is 1. The number of rotatable bonds is 2. The van der Waals surface area contributed by atoms with E-state index in [0.717, 1.165) is 0 Å². The van der Waals surface area contributed by atoms with E-state index in [9.17, 15) is 9.18 Å². The van der Waals surface area contributed by atoms with E-state index in [4.69, 9.17) is 10.6 Å². The van der Waals surface area contributed by atoms with Gasteiger partial charge in [0, 0.05) is 19.3 Å². The van der Waals surface area contributed by atoms with E-state index in [1.54, 1.807) is 4.90 Å². The number of nitrogen functional groups attached to an aromatic ring is 1. The van der Waals surface area contributed by atoms with Crippen molar-refractivity contribution in [1.82, 2.24) is 9.88 Å². The molecule has 1 amide bonds. The lowest BCUT2D eigenvalue weighted by Gasteiger charge is -2.38. The normalized spacial score (nSPS) is 18.2. The minimum atomic E-state index is -0.737. The van der Waals surface area contributed by atoms with Crippen molar-refractivity contribution in [3.8, 4) is 0 Å². The second kappa shape index (κ2) is 5.10. The molecule has 0 radical (unpaired) electrons. The number of hydrazine groups is 1. The van der Waals surface area contributed by atoms with E-state index in [0.29, 0.717) is 19.7 Å². The second-order valence-electron chi connectivity index (χ2n) is 5.00. The van der Waals surface area contributed by atoms with Crippen LogP contribution in [0.4, 0.5) is 10.2 Å². The number of nitrogens with one attached hydrogen (secondary N) is 1. The van der Waals surface area contributed by atoms with Crippen molar-refractivity contribution >= 4 is 11.7 Å². The average molecular weight is 268 g/mol. The molecule has 104 valence electrons. The number of carbonyl (C=O) groups excluding carboxylic acids is 1. The van der Waals surface area contributed by atoms with Crippen molar-refractivity contribution in [2.75, 3.05) is 25.1 Å². The van der Waals surface area contributed by atoms with Gasteiger partial charge in [-0.2, -0.15) is 0 Å². The van der Waals surface area contributed by atoms with Crippen LogP contribution < -0.4 is 11.3 Å². The zero-order valence-corrected chi connectivity index (χ0v) is 10.9. The summed E-state index contributed by atoms with van der Waals surface area (Å²) < 4.78 is 19.5. The summed E-state index contributed by atoms with van der Waals surface area (Å²) in [4.78, 5) is 17.6. The molecule has 0 bridgehead atoms. The molecule has 0 aliphatic carbocycles. The molecule has 0 unspecified atom stereocenters. The summed E-state index contributed by atoms with van der Waals surface area (Å²) in [6.07, 6.45) is 1.34. The Labute approximate surface area is 110 Å². The Kier molecular flexibility index (Phi) is 3.68. The highest BCUT2D eigenvalue weighted by Gasteiger charge is 2.31. The van der Waals surface area contributed by atoms with Crippen LogP contribution in [0.15, 0.2) is 12.3 Å². The molecule has 3 N–H and O–H groups in total. The highest BCUT2D eigenvalue weighted by atomic mass is 19.1. The first-order valence-electron chi connectivity index (χ1n) is 5.99. The minimum absolute atomic E-state index is 0.0411. The average Bonchev–Trinajstić information content (AvgIpc) is 2.37. The number of nitrogens with two attached hydrogens (primary N) is 1. The number of hydrogen-bond acceptors (Lipinski definition) is 5. The predicted octanol–water partition coefficient (Wildman–Crippen LogP) is 0.757. The van der Waals surface area contributed by atoms with E-state index in [1.807, 2.05) is 13.8 Å². The van der Waals surface area contributed by atoms with Crippen LogP contribution in [-0.4, -0.2) is 41.1 Å². The molecule has 2 rings (SSSR count). The Balaban J connectivity index is 2.25. The number of amides is 1. The number of morpholine rings is 1. The number of pyridine rings is 1. The Morgan fingerprint density at radius 1 is 1.63 bits per heavy atom. The molecule has 7 heteroatoms. The Bertz CT molecular complexity index is 493. The molecule has 1 fully saturated rings. The van der Waals surface area contributed by atoms with Crippen LogP contribution >= 0.6 is 0 Å². The highest BCUT2D eigenvalue weighted by Crippen LogP contribution is 2.21. The van der Waals surface area contributed by atoms with Crippen LogP contribution in [-0.2, 0) is 4.74 Å². The standard InChI is InChI=1S/C12H17FN4O2/c1-12(2)7-17(5-6-19-12)11(18)8-3-4-15-10(16-14)9(8)13/h3-4H,5-7,14H2,1-2H3,(H,15,16). The summed E-state index contributed by atoms with van der Waals surface area (Å²) in [7, 11) is 0. The van der Waals surface area contributed by atoms with E-state index < -0.39 is 11.4 Å². The van der Waals surface area contributed by atoms with Gasteiger partial charge in [0.05, 0.1) is 17.8 Å². The lowest BCUT2D eigenvalue weighted by Crippen LogP contribution is -2.50. The molecular formula is C12H17FN4O2. The van der Waals surface area contributed by atoms with Gasteiger partial charge in [0.1, 0.15) is 0 Å². The summed E-state index contributed by atoms with van der Waals surface area (Å²) in [5.41, 5.74) is 1.66. The van der Waals surface area contributed by atoms with Crippen LogP contribution in [0.1, 0.15) is 24.2 Å². The Hall–Kier alpha value is -1.73. The molecule has 0 aromatic carbocycles. The number of hydrogen-bond donors (Lipinski definition) is 2. The van der Waals surface area contributed by atoms with Crippen LogP contribution in [0.5, 0.6) is 0 Å². The molecule has 0 saturated carbocycles. The van der Waals surface area contributed by atoms with Crippen LogP contribution in [0.3, 0.4) is 0 Å². The van der Waals surface area contributed by atoms with Gasteiger partial charge in [0.2, 0.25) is 0 Å². The molecule has 1 aliphatic rings. The first-order valence-corrected chi connectivity index (χ1v) is 5.99. The molecule has 1 aromatic rings. The maximum absolute atomic E-state index is 14.0. The molecule has 0 atom stereocenters. The monoisotopic (exact) mass is 268 g/mol. The first kappa shape index (κ1) is 13.7. The molecule has 2 heterocycles. The third-order valence-corrected chi connectivity index (χ3v) is 2.97. The van der Waals surface area contributed by atoms with Crippen molar-refractivity contribution in [2.45, 2.75) is 19.4 Å². The van der Waals surface area contributed by atoms with E-state index in [2.05, 4.69) is 10.4 Å². The fraction of sp³-hybridized carbons (Fsp3) is 0.500. The fourth-order valence-electron chi connectivity index (χ4n) is 2.07. The first-order chi connectivity index (χ1) is 8.94. The Morgan fingerprint density at radius 3 is 3.00 bits per heavy atom. The third-order valence-electron chi connectivity index (χ3n) is 2.97. The SMILES string of the molecule is CC1(C)CN(C(=O)c2ccnc(NN)c2F)CCO1. The summed E-state index contributed by atoms with van der Waals surface area (Å²) in [6.45, 7) is 5.08. The summed E-state index contributed by atoms with van der Waals surface area (Å²) in [5, 5.41) is 0. The fourth-order valence-corrected chi connectivity index (χ4v) is 2.07. The number of nitrogens with zero attached hydrogens (tertiary/aromatic N) is 2. The van der Waals surface area contributed by atoms with Gasteiger partial charge in [-0.15, -0.1) is 0 Å². The predicted molar refractivity (Wildman–Crippen MR) is 67.9 cm³/mol. The van der Waals surface area contributed by atoms with Crippen LogP contribution in [0.25, 0.3) is 0 Å². The van der Waals surface area contributed by atoms with Crippen molar-refractivity contribution in [1.29, 1.82) is 0 Å². The Morgan fingerprint density at radius 2 is 2.37 bits per heavy atom. The lowest BCUT2D eigenvalue weighted by atomic mass is 10.1. The van der Waals surface area contributed by atoms with Gasteiger partial charge in [0.15, 0.2) is 11.6 Å². The number of aromatic nitrogens is 1. The topological polar surface area (TPSA) is 80.5 Å². The van der Waals surface area contributed by atoms with Crippen molar-refractivity contribution < 1.29 is 13.9 Å². The number of anilines is 1. The van der Waals surface area contributed by atoms with E-state index in [1.165, 1.54) is 12.3 Å².